The number of aryl methyl sites for hydroxylation is 3. The Kier molecular flexibility index (Phi) is 11.1. The molecule has 0 saturated carbocycles. The van der Waals surface area contributed by atoms with E-state index in [1.807, 2.05) is 13.8 Å². The van der Waals surface area contributed by atoms with E-state index in [0.29, 0.717) is 0 Å². The van der Waals surface area contributed by atoms with Gasteiger partial charge in [0.15, 0.2) is 0 Å². The van der Waals surface area contributed by atoms with Crippen molar-refractivity contribution in [2.24, 2.45) is 0 Å². The van der Waals surface area contributed by atoms with Crippen molar-refractivity contribution in [3.05, 3.63) is 34.9 Å². The van der Waals surface area contributed by atoms with Crippen LogP contribution in [0.3, 0.4) is 0 Å². The zero-order chi connectivity index (χ0) is 8.85. The largest absolute Gasteiger partial charge is 1.00 e. The van der Waals surface area contributed by atoms with Gasteiger partial charge in [0.05, 0.1) is 0 Å². The topological polar surface area (TPSA) is 0 Å². The van der Waals surface area contributed by atoms with Crippen LogP contribution in [0.5, 0.6) is 0 Å². The van der Waals surface area contributed by atoms with E-state index in [2.05, 4.69) is 39.0 Å². The molecular formula is C11H17Rb. The van der Waals surface area contributed by atoms with E-state index in [0.717, 1.165) is 0 Å². The molecule has 0 amide bonds. The van der Waals surface area contributed by atoms with E-state index in [1.54, 1.807) is 0 Å². The van der Waals surface area contributed by atoms with Gasteiger partial charge >= 0.3 is 58.2 Å². The third-order valence-electron chi connectivity index (χ3n) is 1.28. The summed E-state index contributed by atoms with van der Waals surface area (Å²) in [6.45, 7) is 10.2. The third-order valence-corrected chi connectivity index (χ3v) is 1.28. The molecule has 0 saturated heterocycles. The van der Waals surface area contributed by atoms with E-state index in [1.165, 1.54) is 16.7 Å². The van der Waals surface area contributed by atoms with E-state index >= 15 is 0 Å². The van der Waals surface area contributed by atoms with Gasteiger partial charge in [-0.05, 0) is 0 Å². The van der Waals surface area contributed by atoms with Crippen molar-refractivity contribution < 1.29 is 58.2 Å². The van der Waals surface area contributed by atoms with Crippen molar-refractivity contribution in [1.82, 2.24) is 0 Å². The Balaban J connectivity index is 0. The number of benzene rings is 1. The van der Waals surface area contributed by atoms with Gasteiger partial charge < -0.3 is 0 Å². The van der Waals surface area contributed by atoms with Crippen molar-refractivity contribution >= 4 is 0 Å². The van der Waals surface area contributed by atoms with Crippen LogP contribution in [-0.2, 0) is 0 Å². The molecule has 12 heavy (non-hydrogen) atoms. The molecule has 1 aromatic carbocycles. The molecule has 0 fully saturated rings. The summed E-state index contributed by atoms with van der Waals surface area (Å²) in [4.78, 5) is 0. The molecule has 1 aromatic rings. The monoisotopic (exact) mass is 234 g/mol. The molecule has 62 valence electrons. The van der Waals surface area contributed by atoms with Crippen LogP contribution in [-0.4, -0.2) is 0 Å². The Hall–Kier alpha value is 1.03. The maximum absolute atomic E-state index is 3.21. The molecule has 0 heterocycles. The van der Waals surface area contributed by atoms with Crippen LogP contribution in [0.1, 0.15) is 30.5 Å². The van der Waals surface area contributed by atoms with Crippen LogP contribution in [0, 0.1) is 26.8 Å². The summed E-state index contributed by atoms with van der Waals surface area (Å²) >= 11 is 0. The molecule has 0 spiro atoms. The fourth-order valence-electron chi connectivity index (χ4n) is 1.11. The summed E-state index contributed by atoms with van der Waals surface area (Å²) in [5.41, 5.74) is 3.78. The average molecular weight is 235 g/mol. The smallest absolute Gasteiger partial charge is 0.177 e. The quantitative estimate of drug-likeness (QED) is 0.572. The first-order valence-corrected chi connectivity index (χ1v) is 4.15. The van der Waals surface area contributed by atoms with Crippen LogP contribution in [0.2, 0.25) is 0 Å². The van der Waals surface area contributed by atoms with E-state index in [-0.39, 0.29) is 58.2 Å². The van der Waals surface area contributed by atoms with Gasteiger partial charge in [-0.15, -0.1) is 0 Å². The van der Waals surface area contributed by atoms with Crippen molar-refractivity contribution in [3.8, 4) is 0 Å². The first-order chi connectivity index (χ1) is 5.18. The molecule has 0 aromatic heterocycles. The maximum atomic E-state index is 3.21. The fourth-order valence-corrected chi connectivity index (χ4v) is 1.11. The van der Waals surface area contributed by atoms with E-state index < -0.39 is 0 Å². The van der Waals surface area contributed by atoms with E-state index in [9.17, 15) is 0 Å². The first-order valence-electron chi connectivity index (χ1n) is 4.15. The Labute approximate surface area is 126 Å². The zero-order valence-corrected chi connectivity index (χ0v) is 14.1. The SMILES string of the molecule is CC.Cc1[c-]c(C)cc(C)c1.[Rb+]. The van der Waals surface area contributed by atoms with Gasteiger partial charge in [0.2, 0.25) is 0 Å². The molecule has 0 unspecified atom stereocenters. The van der Waals surface area contributed by atoms with Gasteiger partial charge in [0.1, 0.15) is 0 Å². The summed E-state index contributed by atoms with van der Waals surface area (Å²) in [5.74, 6) is 0. The van der Waals surface area contributed by atoms with Crippen molar-refractivity contribution in [2.45, 2.75) is 34.6 Å². The molecule has 0 aliphatic heterocycles. The normalized spacial score (nSPS) is 7.75. The molecule has 0 N–H and O–H groups in total. The van der Waals surface area contributed by atoms with Gasteiger partial charge in [0, 0.05) is 0 Å². The molecular weight excluding hydrogens is 218 g/mol. The minimum absolute atomic E-state index is 0. The first kappa shape index (κ1) is 15.5. The van der Waals surface area contributed by atoms with Gasteiger partial charge in [-0.1, -0.05) is 34.6 Å². The second-order valence-electron chi connectivity index (χ2n) is 2.52. The van der Waals surface area contributed by atoms with Crippen molar-refractivity contribution in [1.29, 1.82) is 0 Å². The molecule has 0 bridgehead atoms. The molecule has 0 radical (unpaired) electrons. The predicted molar refractivity (Wildman–Crippen MR) is 50.8 cm³/mol. The minimum atomic E-state index is 0. The third kappa shape index (κ3) is 6.53. The zero-order valence-electron chi connectivity index (χ0n) is 9.15. The van der Waals surface area contributed by atoms with Crippen LogP contribution in [0.4, 0.5) is 0 Å². The molecule has 0 nitrogen and oxygen atoms in total. The minimum Gasteiger partial charge on any atom is -0.177 e. The molecule has 1 heteroatoms. The molecule has 1 rings (SSSR count). The van der Waals surface area contributed by atoms with Gasteiger partial charge in [-0.25, -0.2) is 0 Å². The average Bonchev–Trinajstić information content (AvgIpc) is 1.88. The Morgan fingerprint density at radius 2 is 1.25 bits per heavy atom. The van der Waals surface area contributed by atoms with Crippen LogP contribution >= 0.6 is 0 Å². The van der Waals surface area contributed by atoms with Crippen LogP contribution < -0.4 is 58.2 Å². The molecule has 0 atom stereocenters. The number of rotatable bonds is 0. The molecule has 0 aliphatic rings. The van der Waals surface area contributed by atoms with Crippen molar-refractivity contribution in [2.75, 3.05) is 0 Å². The summed E-state index contributed by atoms with van der Waals surface area (Å²) in [6, 6.07) is 7.47. The second-order valence-corrected chi connectivity index (χ2v) is 2.52. The maximum Gasteiger partial charge on any atom is 1.00 e. The number of hydrogen-bond donors (Lipinski definition) is 0. The standard InChI is InChI=1S/C9H11.C2H6.Rb/c1-7-4-8(2)6-9(3)5-7;1-2;/h4-5H,1-3H3;1-2H3;/q-1;;+1. The summed E-state index contributed by atoms with van der Waals surface area (Å²) in [5, 5.41) is 0. The van der Waals surface area contributed by atoms with Gasteiger partial charge in [-0.3, -0.25) is 0 Å². The summed E-state index contributed by atoms with van der Waals surface area (Å²) in [6.07, 6.45) is 0. The van der Waals surface area contributed by atoms with Gasteiger partial charge in [0.25, 0.3) is 0 Å². The fraction of sp³-hybridized carbons (Fsp3) is 0.455. The number of hydrogen-bond acceptors (Lipinski definition) is 0. The Morgan fingerprint density at radius 1 is 0.917 bits per heavy atom. The summed E-state index contributed by atoms with van der Waals surface area (Å²) in [7, 11) is 0. The van der Waals surface area contributed by atoms with E-state index in [4.69, 9.17) is 0 Å². The van der Waals surface area contributed by atoms with Crippen LogP contribution in [0.15, 0.2) is 12.1 Å². The van der Waals surface area contributed by atoms with Gasteiger partial charge in [-0.2, -0.15) is 34.9 Å². The Morgan fingerprint density at radius 3 is 1.50 bits per heavy atom. The molecule has 0 aliphatic carbocycles. The van der Waals surface area contributed by atoms with Crippen LogP contribution in [0.25, 0.3) is 0 Å². The second kappa shape index (κ2) is 8.62. The Bertz CT molecular complexity index is 166. The summed E-state index contributed by atoms with van der Waals surface area (Å²) < 4.78 is 0. The van der Waals surface area contributed by atoms with Crippen molar-refractivity contribution in [3.63, 3.8) is 0 Å². The predicted octanol–water partition coefficient (Wildman–Crippen LogP) is 0.442.